The molecule has 9 nitrogen and oxygen atoms in total. The number of nitrogens with zero attached hydrogens (tertiary/aromatic N) is 3. The number of benzene rings is 2. The second-order valence-corrected chi connectivity index (χ2v) is 11.1. The number of ether oxygens (including phenoxy) is 3. The molecule has 3 aromatic rings. The van der Waals surface area contributed by atoms with Gasteiger partial charge in [0.15, 0.2) is 11.4 Å². The van der Waals surface area contributed by atoms with Gasteiger partial charge in [0.2, 0.25) is 0 Å². The summed E-state index contributed by atoms with van der Waals surface area (Å²) in [5.41, 5.74) is 1.71. The van der Waals surface area contributed by atoms with E-state index in [-0.39, 0.29) is 30.3 Å². The number of esters is 1. The number of aromatic nitrogens is 1. The van der Waals surface area contributed by atoms with Crippen LogP contribution in [-0.2, 0) is 14.3 Å². The van der Waals surface area contributed by atoms with Crippen LogP contribution in [0.2, 0.25) is 5.02 Å². The lowest BCUT2D eigenvalue weighted by Crippen LogP contribution is -2.40. The van der Waals surface area contributed by atoms with Crippen molar-refractivity contribution < 1.29 is 23.8 Å². The first-order valence-electron chi connectivity index (χ1n) is 13.3. The van der Waals surface area contributed by atoms with E-state index in [9.17, 15) is 14.4 Å². The third-order valence-corrected chi connectivity index (χ3v) is 8.22. The maximum atomic E-state index is 13.9. The first kappa shape index (κ1) is 28.6. The number of methoxy groups -OCH3 is 1. The molecule has 2 aliphatic rings. The maximum absolute atomic E-state index is 13.9. The molecule has 3 heterocycles. The van der Waals surface area contributed by atoms with E-state index in [1.165, 1.54) is 23.0 Å². The average molecular weight is 596 g/mol. The predicted octanol–water partition coefficient (Wildman–Crippen LogP) is 3.46. The Morgan fingerprint density at radius 2 is 1.88 bits per heavy atom. The molecular weight excluding hydrogens is 566 g/mol. The molecule has 1 atom stereocenters. The molecule has 2 aliphatic heterocycles. The Kier molecular flexibility index (Phi) is 8.60. The van der Waals surface area contributed by atoms with Crippen LogP contribution in [0.4, 0.5) is 0 Å². The molecule has 1 aromatic heterocycles. The van der Waals surface area contributed by atoms with Gasteiger partial charge in [-0.1, -0.05) is 35.1 Å². The van der Waals surface area contributed by atoms with E-state index in [1.54, 1.807) is 50.3 Å². The van der Waals surface area contributed by atoms with Gasteiger partial charge in [0.05, 0.1) is 29.5 Å². The Bertz CT molecular complexity index is 1690. The van der Waals surface area contributed by atoms with Gasteiger partial charge < -0.3 is 19.1 Å². The predicted molar refractivity (Wildman–Crippen MR) is 156 cm³/mol. The fraction of sp³-hybridized carbons (Fsp3) is 0.333. The van der Waals surface area contributed by atoms with Crippen molar-refractivity contribution in [1.82, 2.24) is 9.47 Å². The Hall–Kier alpha value is -3.89. The summed E-state index contributed by atoms with van der Waals surface area (Å²) in [6.07, 6.45) is 3.82. The minimum absolute atomic E-state index is 0.00688. The lowest BCUT2D eigenvalue weighted by Gasteiger charge is -2.26. The fourth-order valence-corrected chi connectivity index (χ4v) is 6.25. The first-order chi connectivity index (χ1) is 19.8. The molecular formula is C30H30ClN3O6S. The van der Waals surface area contributed by atoms with E-state index in [0.29, 0.717) is 37.1 Å². The quantitative estimate of drug-likeness (QED) is 0.370. The molecule has 11 heteroatoms. The van der Waals surface area contributed by atoms with Crippen LogP contribution in [0, 0.1) is 0 Å². The summed E-state index contributed by atoms with van der Waals surface area (Å²) in [4.78, 5) is 46.1. The van der Waals surface area contributed by atoms with Gasteiger partial charge in [0, 0.05) is 23.7 Å². The molecule has 1 saturated heterocycles. The summed E-state index contributed by atoms with van der Waals surface area (Å²) in [6.45, 7) is 5.17. The van der Waals surface area contributed by atoms with Gasteiger partial charge in [-0.3, -0.25) is 14.2 Å². The van der Waals surface area contributed by atoms with Crippen molar-refractivity contribution in [1.29, 1.82) is 0 Å². The molecule has 0 spiro atoms. The van der Waals surface area contributed by atoms with Gasteiger partial charge >= 0.3 is 5.97 Å². The summed E-state index contributed by atoms with van der Waals surface area (Å²) >= 11 is 7.57. The summed E-state index contributed by atoms with van der Waals surface area (Å²) in [7, 11) is 1.52. The molecule has 0 saturated carbocycles. The summed E-state index contributed by atoms with van der Waals surface area (Å²) in [5, 5.41) is 0.435. The highest BCUT2D eigenvalue weighted by Gasteiger charge is 2.35. The summed E-state index contributed by atoms with van der Waals surface area (Å²) in [5.74, 6) is 0.466. The molecule has 0 aliphatic carbocycles. The number of hydrogen-bond acceptors (Lipinski definition) is 8. The highest BCUT2D eigenvalue weighted by atomic mass is 35.5. The van der Waals surface area contributed by atoms with Gasteiger partial charge in [-0.2, -0.15) is 0 Å². The van der Waals surface area contributed by atoms with E-state index in [2.05, 4.69) is 4.99 Å². The number of likely N-dealkylation sites (tertiary alicyclic amines) is 1. The minimum Gasteiger partial charge on any atom is -0.496 e. The molecule has 0 N–H and O–H groups in total. The van der Waals surface area contributed by atoms with Crippen LogP contribution < -0.4 is 24.4 Å². The van der Waals surface area contributed by atoms with Crippen molar-refractivity contribution in [3.8, 4) is 11.5 Å². The number of hydrogen-bond donors (Lipinski definition) is 0. The van der Waals surface area contributed by atoms with Crippen molar-refractivity contribution in [3.63, 3.8) is 0 Å². The van der Waals surface area contributed by atoms with E-state index >= 15 is 0 Å². The van der Waals surface area contributed by atoms with Crippen molar-refractivity contribution in [2.75, 3.05) is 33.4 Å². The Morgan fingerprint density at radius 3 is 2.56 bits per heavy atom. The van der Waals surface area contributed by atoms with Crippen LogP contribution in [0.15, 0.2) is 63.5 Å². The number of fused-ring (bicyclic) bond motifs is 1. The van der Waals surface area contributed by atoms with Crippen LogP contribution in [0.5, 0.6) is 11.5 Å². The summed E-state index contributed by atoms with van der Waals surface area (Å²) < 4.78 is 18.6. The Labute approximate surface area is 245 Å². The standard InChI is InChI=1S/C30H30ClN3O6S/c1-4-39-29(37)26-18(2)32-30-34(27(26)22-16-20(31)9-12-23(22)38-3)28(36)24(41-30)15-19-7-10-21(11-8-19)40-17-25(35)33-13-5-6-14-33/h7-12,15-16,27H,4-6,13-14,17H2,1-3H3/b24-15-/t27-/m0/s1. The number of carbonyl (C=O) groups excluding carboxylic acids is 2. The second-order valence-electron chi connectivity index (χ2n) is 9.63. The molecule has 1 amide bonds. The number of amides is 1. The third-order valence-electron chi connectivity index (χ3n) is 7.00. The highest BCUT2D eigenvalue weighted by molar-refractivity contribution is 7.07. The Morgan fingerprint density at radius 1 is 1.15 bits per heavy atom. The zero-order chi connectivity index (χ0) is 29.1. The molecule has 0 bridgehead atoms. The van der Waals surface area contributed by atoms with Crippen LogP contribution >= 0.6 is 22.9 Å². The van der Waals surface area contributed by atoms with Crippen LogP contribution in [0.3, 0.4) is 0 Å². The van der Waals surface area contributed by atoms with Crippen molar-refractivity contribution >= 4 is 40.9 Å². The van der Waals surface area contributed by atoms with Crippen LogP contribution in [-0.4, -0.2) is 54.8 Å². The number of halogens is 1. The van der Waals surface area contributed by atoms with Crippen LogP contribution in [0.25, 0.3) is 6.08 Å². The largest absolute Gasteiger partial charge is 0.496 e. The van der Waals surface area contributed by atoms with Crippen molar-refractivity contribution in [3.05, 3.63) is 89.6 Å². The van der Waals surface area contributed by atoms with Gasteiger partial charge in [-0.25, -0.2) is 9.79 Å². The highest BCUT2D eigenvalue weighted by Crippen LogP contribution is 2.37. The molecule has 5 rings (SSSR count). The van der Waals surface area contributed by atoms with E-state index < -0.39 is 12.0 Å². The Balaban J connectivity index is 1.51. The number of carbonyl (C=O) groups is 2. The maximum Gasteiger partial charge on any atom is 0.338 e. The van der Waals surface area contributed by atoms with Gasteiger partial charge in [-0.15, -0.1) is 0 Å². The summed E-state index contributed by atoms with van der Waals surface area (Å²) in [6, 6.07) is 11.4. The van der Waals surface area contributed by atoms with Crippen LogP contribution in [0.1, 0.15) is 43.9 Å². The number of allylic oxidation sites excluding steroid dienone is 1. The smallest absolute Gasteiger partial charge is 0.338 e. The third kappa shape index (κ3) is 5.94. The first-order valence-corrected chi connectivity index (χ1v) is 14.5. The normalized spacial score (nSPS) is 16.8. The molecule has 0 radical (unpaired) electrons. The van der Waals surface area contributed by atoms with E-state index in [0.717, 1.165) is 31.5 Å². The zero-order valence-electron chi connectivity index (χ0n) is 23.0. The average Bonchev–Trinajstić information content (AvgIpc) is 3.60. The van der Waals surface area contributed by atoms with Gasteiger partial charge in [0.1, 0.15) is 17.5 Å². The lowest BCUT2D eigenvalue weighted by molar-refractivity contribution is -0.139. The van der Waals surface area contributed by atoms with Gasteiger partial charge in [0.25, 0.3) is 11.5 Å². The molecule has 2 aromatic carbocycles. The molecule has 1 fully saturated rings. The fourth-order valence-electron chi connectivity index (χ4n) is 5.02. The van der Waals surface area contributed by atoms with Crippen molar-refractivity contribution in [2.24, 2.45) is 4.99 Å². The van der Waals surface area contributed by atoms with E-state index in [4.69, 9.17) is 25.8 Å². The number of thiazole rings is 1. The molecule has 41 heavy (non-hydrogen) atoms. The number of rotatable bonds is 8. The SMILES string of the molecule is CCOC(=O)C1=C(C)N=c2s/c(=C\c3ccc(OCC(=O)N4CCCC4)cc3)c(=O)n2[C@H]1c1cc(Cl)ccc1OC. The topological polar surface area (TPSA) is 99.4 Å². The van der Waals surface area contributed by atoms with Crippen molar-refractivity contribution in [2.45, 2.75) is 32.7 Å². The monoisotopic (exact) mass is 595 g/mol. The van der Waals surface area contributed by atoms with E-state index in [1.807, 2.05) is 17.0 Å². The lowest BCUT2D eigenvalue weighted by atomic mass is 9.95. The molecule has 0 unspecified atom stereocenters. The second kappa shape index (κ2) is 12.3. The zero-order valence-corrected chi connectivity index (χ0v) is 24.6. The minimum atomic E-state index is -0.843. The molecule has 214 valence electrons. The van der Waals surface area contributed by atoms with Gasteiger partial charge in [-0.05, 0) is 68.7 Å².